The number of ether oxygens (including phenoxy) is 1. The van der Waals surface area contributed by atoms with Gasteiger partial charge in [-0.1, -0.05) is 61.7 Å². The normalized spacial score (nSPS) is 24.7. The second-order valence-corrected chi connectivity index (χ2v) is 7.73. The van der Waals surface area contributed by atoms with Crippen LogP contribution in [0.25, 0.3) is 0 Å². The van der Waals surface area contributed by atoms with Gasteiger partial charge in [0.2, 0.25) is 5.91 Å². The first-order valence-corrected chi connectivity index (χ1v) is 10.5. The summed E-state index contributed by atoms with van der Waals surface area (Å²) >= 11 is 0. The molecule has 0 radical (unpaired) electrons. The molecule has 3 rings (SSSR count). The summed E-state index contributed by atoms with van der Waals surface area (Å²) in [4.78, 5) is 24.5. The van der Waals surface area contributed by atoms with Crippen LogP contribution in [0, 0.1) is 0 Å². The number of hydrogen-bond donors (Lipinski definition) is 4. The zero-order chi connectivity index (χ0) is 20.5. The molecule has 1 fully saturated rings. The van der Waals surface area contributed by atoms with E-state index in [1.807, 2.05) is 30.3 Å². The molecule has 2 aliphatic rings. The molecule has 3 atom stereocenters. The van der Waals surface area contributed by atoms with Gasteiger partial charge in [-0.05, 0) is 18.4 Å². The smallest absolute Gasteiger partial charge is 0.315 e. The van der Waals surface area contributed by atoms with Crippen LogP contribution in [0.1, 0.15) is 44.1 Å². The van der Waals surface area contributed by atoms with Crippen molar-refractivity contribution in [3.8, 4) is 0 Å². The van der Waals surface area contributed by atoms with Gasteiger partial charge in [-0.3, -0.25) is 4.79 Å². The average Bonchev–Trinajstić information content (AvgIpc) is 2.74. The highest BCUT2D eigenvalue weighted by Gasteiger charge is 2.29. The Bertz CT molecular complexity index is 689. The summed E-state index contributed by atoms with van der Waals surface area (Å²) in [5.41, 5.74) is 1.03. The van der Waals surface area contributed by atoms with E-state index in [4.69, 9.17) is 4.74 Å². The van der Waals surface area contributed by atoms with E-state index in [1.54, 1.807) is 12.2 Å². The van der Waals surface area contributed by atoms with Gasteiger partial charge in [0, 0.05) is 12.6 Å². The van der Waals surface area contributed by atoms with E-state index >= 15 is 0 Å². The summed E-state index contributed by atoms with van der Waals surface area (Å²) < 4.78 is 5.82. The number of carbonyl (C=O) groups excluding carboxylic acids is 2. The quantitative estimate of drug-likeness (QED) is 0.525. The lowest BCUT2D eigenvalue weighted by molar-refractivity contribution is -0.125. The molecule has 0 bridgehead atoms. The summed E-state index contributed by atoms with van der Waals surface area (Å²) in [7, 11) is 0. The van der Waals surface area contributed by atoms with Gasteiger partial charge in [-0.15, -0.1) is 0 Å². The monoisotopic (exact) mass is 401 g/mol. The van der Waals surface area contributed by atoms with Gasteiger partial charge >= 0.3 is 6.03 Å². The maximum atomic E-state index is 12.3. The first kappa shape index (κ1) is 21.3. The van der Waals surface area contributed by atoms with Crippen molar-refractivity contribution in [1.82, 2.24) is 16.0 Å². The molecule has 1 aliphatic heterocycles. The van der Waals surface area contributed by atoms with E-state index in [0.29, 0.717) is 6.54 Å². The molecule has 0 aromatic heterocycles. The Balaban J connectivity index is 1.44. The maximum Gasteiger partial charge on any atom is 0.315 e. The fourth-order valence-corrected chi connectivity index (χ4v) is 3.81. The topological polar surface area (TPSA) is 99.7 Å². The molecule has 7 heteroatoms. The SMILES string of the molecule is O=C(C[C@H]1C=C[C@H](NC(=O)NC2CCCCC2)[C@H](CO)O1)NCc1ccccc1. The zero-order valence-electron chi connectivity index (χ0n) is 16.7. The first-order chi connectivity index (χ1) is 14.1. The molecule has 3 amide bonds. The molecule has 0 spiro atoms. The Labute approximate surface area is 171 Å². The van der Waals surface area contributed by atoms with Gasteiger partial charge in [0.1, 0.15) is 6.10 Å². The van der Waals surface area contributed by atoms with Crippen molar-refractivity contribution < 1.29 is 19.4 Å². The molecule has 7 nitrogen and oxygen atoms in total. The number of benzene rings is 1. The van der Waals surface area contributed by atoms with Crippen LogP contribution in [0.3, 0.4) is 0 Å². The second kappa shape index (κ2) is 11.0. The van der Waals surface area contributed by atoms with Gasteiger partial charge in [0.15, 0.2) is 0 Å². The molecule has 1 saturated carbocycles. The Kier molecular flexibility index (Phi) is 8.07. The number of amides is 3. The van der Waals surface area contributed by atoms with Crippen molar-refractivity contribution in [3.63, 3.8) is 0 Å². The number of aliphatic hydroxyl groups is 1. The van der Waals surface area contributed by atoms with Crippen molar-refractivity contribution in [2.75, 3.05) is 6.61 Å². The van der Waals surface area contributed by atoms with Crippen LogP contribution >= 0.6 is 0 Å². The first-order valence-electron chi connectivity index (χ1n) is 10.5. The number of rotatable bonds is 7. The van der Waals surface area contributed by atoms with Crippen LogP contribution in [0.2, 0.25) is 0 Å². The third-order valence-corrected chi connectivity index (χ3v) is 5.42. The Morgan fingerprint density at radius 3 is 2.52 bits per heavy atom. The third-order valence-electron chi connectivity index (χ3n) is 5.42. The van der Waals surface area contributed by atoms with Crippen LogP contribution in [-0.4, -0.2) is 47.9 Å². The molecule has 1 aliphatic carbocycles. The fraction of sp³-hybridized carbons (Fsp3) is 0.545. The van der Waals surface area contributed by atoms with Gasteiger partial charge in [0.25, 0.3) is 0 Å². The van der Waals surface area contributed by atoms with Gasteiger partial charge in [-0.2, -0.15) is 0 Å². The third kappa shape index (κ3) is 6.87. The van der Waals surface area contributed by atoms with E-state index in [1.165, 1.54) is 6.42 Å². The van der Waals surface area contributed by atoms with Crippen molar-refractivity contribution in [3.05, 3.63) is 48.0 Å². The molecule has 0 saturated heterocycles. The lowest BCUT2D eigenvalue weighted by atomic mass is 9.96. The predicted octanol–water partition coefficient (Wildman–Crippen LogP) is 2.01. The largest absolute Gasteiger partial charge is 0.394 e. The summed E-state index contributed by atoms with van der Waals surface area (Å²) in [6.45, 7) is 0.228. The predicted molar refractivity (Wildman–Crippen MR) is 110 cm³/mol. The standard InChI is InChI=1S/C22H31N3O4/c26-15-20-19(25-22(28)24-17-9-5-2-6-10-17)12-11-18(29-20)13-21(27)23-14-16-7-3-1-4-8-16/h1,3-4,7-8,11-12,17-20,26H,2,5-6,9-10,13-15H2,(H,23,27)(H2,24,25,28)/t18-,19+,20+/m1/s1. The molecule has 1 heterocycles. The van der Waals surface area contributed by atoms with Crippen LogP contribution in [0.5, 0.6) is 0 Å². The minimum absolute atomic E-state index is 0.123. The van der Waals surface area contributed by atoms with Gasteiger partial charge < -0.3 is 25.8 Å². The van der Waals surface area contributed by atoms with E-state index < -0.39 is 18.2 Å². The van der Waals surface area contributed by atoms with Crippen molar-refractivity contribution in [1.29, 1.82) is 0 Å². The summed E-state index contributed by atoms with van der Waals surface area (Å²) in [6, 6.07) is 9.24. The minimum atomic E-state index is -0.580. The van der Waals surface area contributed by atoms with E-state index in [2.05, 4.69) is 16.0 Å². The van der Waals surface area contributed by atoms with E-state index in [-0.39, 0.29) is 31.0 Å². The number of aliphatic hydroxyl groups excluding tert-OH is 1. The van der Waals surface area contributed by atoms with E-state index in [9.17, 15) is 14.7 Å². The van der Waals surface area contributed by atoms with Crippen molar-refractivity contribution >= 4 is 11.9 Å². The molecular weight excluding hydrogens is 370 g/mol. The summed E-state index contributed by atoms with van der Waals surface area (Å²) in [5.74, 6) is -0.123. The molecule has 0 unspecified atom stereocenters. The average molecular weight is 402 g/mol. The molecule has 158 valence electrons. The number of hydrogen-bond acceptors (Lipinski definition) is 4. The van der Waals surface area contributed by atoms with Gasteiger partial charge in [-0.25, -0.2) is 4.79 Å². The molecule has 4 N–H and O–H groups in total. The summed E-state index contributed by atoms with van der Waals surface area (Å²) in [6.07, 6.45) is 8.27. The lowest BCUT2D eigenvalue weighted by Crippen LogP contribution is -2.53. The Morgan fingerprint density at radius 2 is 1.79 bits per heavy atom. The molecule has 29 heavy (non-hydrogen) atoms. The van der Waals surface area contributed by atoms with Gasteiger partial charge in [0.05, 0.1) is 25.2 Å². The van der Waals surface area contributed by atoms with E-state index in [0.717, 1.165) is 31.2 Å². The van der Waals surface area contributed by atoms with Crippen LogP contribution in [0.4, 0.5) is 4.79 Å². The number of urea groups is 1. The highest BCUT2D eigenvalue weighted by atomic mass is 16.5. The van der Waals surface area contributed by atoms with Crippen molar-refractivity contribution in [2.45, 2.75) is 69.4 Å². The molecular formula is C22H31N3O4. The fourth-order valence-electron chi connectivity index (χ4n) is 3.81. The Morgan fingerprint density at radius 1 is 1.03 bits per heavy atom. The number of carbonyl (C=O) groups is 2. The minimum Gasteiger partial charge on any atom is -0.394 e. The summed E-state index contributed by atoms with van der Waals surface area (Å²) in [5, 5.41) is 18.4. The molecule has 1 aromatic carbocycles. The second-order valence-electron chi connectivity index (χ2n) is 7.73. The van der Waals surface area contributed by atoms with Crippen molar-refractivity contribution in [2.24, 2.45) is 0 Å². The van der Waals surface area contributed by atoms with Crippen LogP contribution in [-0.2, 0) is 16.1 Å². The maximum absolute atomic E-state index is 12.3. The van der Waals surface area contributed by atoms with Crippen LogP contribution < -0.4 is 16.0 Å². The highest BCUT2D eigenvalue weighted by molar-refractivity contribution is 5.77. The molecule has 1 aromatic rings. The lowest BCUT2D eigenvalue weighted by Gasteiger charge is -2.32. The zero-order valence-corrected chi connectivity index (χ0v) is 16.7. The number of nitrogens with one attached hydrogen (secondary N) is 3. The highest BCUT2D eigenvalue weighted by Crippen LogP contribution is 2.18. The van der Waals surface area contributed by atoms with Crippen LogP contribution in [0.15, 0.2) is 42.5 Å². The Hall–Kier alpha value is -2.38.